The lowest BCUT2D eigenvalue weighted by Gasteiger charge is -2.42. The molecule has 0 radical (unpaired) electrons. The zero-order valence-electron chi connectivity index (χ0n) is 16.8. The van der Waals surface area contributed by atoms with Gasteiger partial charge in [0.2, 0.25) is 5.95 Å². The van der Waals surface area contributed by atoms with Gasteiger partial charge in [-0.15, -0.1) is 0 Å². The fourth-order valence-electron chi connectivity index (χ4n) is 3.73. The van der Waals surface area contributed by atoms with Gasteiger partial charge >= 0.3 is 0 Å². The summed E-state index contributed by atoms with van der Waals surface area (Å²) >= 11 is 0. The molecule has 8 heteroatoms. The highest BCUT2D eigenvalue weighted by molar-refractivity contribution is 5.61. The Morgan fingerprint density at radius 2 is 1.97 bits per heavy atom. The molecule has 3 heterocycles. The van der Waals surface area contributed by atoms with Gasteiger partial charge in [-0.05, 0) is 25.1 Å². The molecule has 3 aromatic rings. The zero-order chi connectivity index (χ0) is 21.3. The first-order chi connectivity index (χ1) is 14.5. The van der Waals surface area contributed by atoms with Crippen molar-refractivity contribution in [2.24, 2.45) is 7.05 Å². The third kappa shape index (κ3) is 3.62. The number of halogens is 1. The minimum absolute atomic E-state index is 0.0786. The molecule has 1 aliphatic heterocycles. The van der Waals surface area contributed by atoms with Crippen molar-refractivity contribution in [2.45, 2.75) is 13.0 Å². The van der Waals surface area contributed by atoms with Crippen molar-refractivity contribution in [3.8, 4) is 11.3 Å². The van der Waals surface area contributed by atoms with Crippen molar-refractivity contribution in [3.63, 3.8) is 0 Å². The van der Waals surface area contributed by atoms with Gasteiger partial charge in [0.15, 0.2) is 11.5 Å². The second-order valence-corrected chi connectivity index (χ2v) is 7.31. The second-order valence-electron chi connectivity index (χ2n) is 7.31. The summed E-state index contributed by atoms with van der Waals surface area (Å²) < 4.78 is 15.7. The van der Waals surface area contributed by atoms with E-state index in [1.807, 2.05) is 24.3 Å². The molecule has 1 saturated heterocycles. The fourth-order valence-corrected chi connectivity index (χ4v) is 3.73. The van der Waals surface area contributed by atoms with Crippen LogP contribution in [-0.2, 0) is 7.05 Å². The van der Waals surface area contributed by atoms with Crippen molar-refractivity contribution in [1.82, 2.24) is 14.5 Å². The predicted molar refractivity (Wildman–Crippen MR) is 114 cm³/mol. The highest BCUT2D eigenvalue weighted by atomic mass is 19.1. The number of piperazine rings is 1. The Balaban J connectivity index is 1.62. The first-order valence-corrected chi connectivity index (χ1v) is 9.65. The molecule has 1 fully saturated rings. The van der Waals surface area contributed by atoms with Gasteiger partial charge < -0.3 is 9.80 Å². The van der Waals surface area contributed by atoms with Gasteiger partial charge in [-0.3, -0.25) is 14.3 Å². The fraction of sp³-hybridized carbons (Fsp3) is 0.273. The number of pyridine rings is 1. The van der Waals surface area contributed by atoms with Crippen molar-refractivity contribution in [1.29, 1.82) is 0 Å². The molecule has 152 valence electrons. The van der Waals surface area contributed by atoms with E-state index in [4.69, 9.17) is 6.57 Å². The molecule has 4 rings (SSSR count). The minimum Gasteiger partial charge on any atom is -0.368 e. The summed E-state index contributed by atoms with van der Waals surface area (Å²) in [7, 11) is 1.68. The molecule has 0 aliphatic carbocycles. The zero-order valence-corrected chi connectivity index (χ0v) is 16.8. The number of hydrogen-bond acceptors (Lipinski definition) is 5. The number of rotatable bonds is 3. The number of aromatic nitrogens is 3. The third-order valence-electron chi connectivity index (χ3n) is 5.39. The van der Waals surface area contributed by atoms with Crippen molar-refractivity contribution >= 4 is 17.3 Å². The Morgan fingerprint density at radius 1 is 1.20 bits per heavy atom. The molecule has 0 amide bonds. The molecular formula is C22H21FN6O. The molecule has 0 unspecified atom stereocenters. The van der Waals surface area contributed by atoms with Gasteiger partial charge in [0.25, 0.3) is 5.56 Å². The maximum Gasteiger partial charge on any atom is 0.255 e. The van der Waals surface area contributed by atoms with Crippen LogP contribution in [-0.4, -0.2) is 40.2 Å². The summed E-state index contributed by atoms with van der Waals surface area (Å²) in [6, 6.07) is 10.5. The van der Waals surface area contributed by atoms with E-state index in [0.29, 0.717) is 23.9 Å². The van der Waals surface area contributed by atoms with E-state index in [1.165, 1.54) is 22.9 Å². The average molecular weight is 404 g/mol. The molecule has 1 aliphatic rings. The van der Waals surface area contributed by atoms with Crippen LogP contribution in [0.25, 0.3) is 16.1 Å². The number of anilines is 2. The molecule has 1 atom stereocenters. The highest BCUT2D eigenvalue weighted by Crippen LogP contribution is 2.26. The van der Waals surface area contributed by atoms with Gasteiger partial charge in [-0.25, -0.2) is 14.2 Å². The van der Waals surface area contributed by atoms with E-state index < -0.39 is 5.82 Å². The first kappa shape index (κ1) is 19.6. The molecule has 0 N–H and O–H groups in total. The minimum atomic E-state index is -0.509. The maximum absolute atomic E-state index is 14.2. The van der Waals surface area contributed by atoms with E-state index in [9.17, 15) is 9.18 Å². The lowest BCUT2D eigenvalue weighted by atomic mass is 10.1. The molecule has 1 aromatic carbocycles. The molecule has 0 bridgehead atoms. The smallest absolute Gasteiger partial charge is 0.255 e. The van der Waals surface area contributed by atoms with E-state index in [2.05, 4.69) is 31.5 Å². The molecule has 7 nitrogen and oxygen atoms in total. The van der Waals surface area contributed by atoms with Crippen LogP contribution in [0.5, 0.6) is 0 Å². The Bertz CT molecular complexity index is 1170. The summed E-state index contributed by atoms with van der Waals surface area (Å²) in [5.74, 6) is 0.00847. The van der Waals surface area contributed by atoms with Crippen LogP contribution in [0.15, 0.2) is 53.6 Å². The van der Waals surface area contributed by atoms with Crippen LogP contribution in [0.1, 0.15) is 6.92 Å². The first-order valence-electron chi connectivity index (χ1n) is 9.65. The van der Waals surface area contributed by atoms with Gasteiger partial charge in [0, 0.05) is 56.2 Å². The third-order valence-corrected chi connectivity index (χ3v) is 5.39. The lowest BCUT2D eigenvalue weighted by molar-refractivity contribution is 0.529. The molecular weight excluding hydrogens is 383 g/mol. The lowest BCUT2D eigenvalue weighted by Crippen LogP contribution is -2.53. The summed E-state index contributed by atoms with van der Waals surface area (Å²) in [5.41, 5.74) is 2.00. The normalized spacial score (nSPS) is 16.4. The standard InChI is InChI=1S/C22H21FN6O/c1-15-14-28(17-6-4-16(24-2)5-7-17)10-11-29(15)22-26-20(12-21(30)27(22)3)18-8-9-25-13-19(18)23/h4-9,12-13,15H,10-11,14H2,1,3H3/t15-/m1/s1. The van der Waals surface area contributed by atoms with Gasteiger partial charge in [-0.1, -0.05) is 12.1 Å². The van der Waals surface area contributed by atoms with Crippen LogP contribution in [0.4, 0.5) is 21.7 Å². The van der Waals surface area contributed by atoms with Gasteiger partial charge in [-0.2, -0.15) is 0 Å². The summed E-state index contributed by atoms with van der Waals surface area (Å²) in [4.78, 5) is 28.7. The predicted octanol–water partition coefficient (Wildman–Crippen LogP) is 3.25. The molecule has 0 saturated carbocycles. The van der Waals surface area contributed by atoms with Crippen molar-refractivity contribution in [3.05, 3.63) is 76.4 Å². The monoisotopic (exact) mass is 404 g/mol. The summed E-state index contributed by atoms with van der Waals surface area (Å²) in [6.07, 6.45) is 2.60. The van der Waals surface area contributed by atoms with Gasteiger partial charge in [0.1, 0.15) is 0 Å². The Labute approximate surface area is 173 Å². The average Bonchev–Trinajstić information content (AvgIpc) is 2.76. The van der Waals surface area contributed by atoms with Crippen molar-refractivity contribution < 1.29 is 4.39 Å². The Hall–Kier alpha value is -3.73. The Morgan fingerprint density at radius 3 is 2.63 bits per heavy atom. The van der Waals surface area contributed by atoms with Crippen LogP contribution >= 0.6 is 0 Å². The SMILES string of the molecule is [C-]#[N+]c1ccc(N2CCN(c3nc(-c4ccncc4F)cc(=O)n3C)[C@H](C)C2)cc1. The number of hydrogen-bond donors (Lipinski definition) is 0. The summed E-state index contributed by atoms with van der Waals surface area (Å²) in [5, 5.41) is 0. The van der Waals surface area contributed by atoms with Crippen LogP contribution in [0.2, 0.25) is 0 Å². The van der Waals surface area contributed by atoms with Crippen LogP contribution in [0, 0.1) is 12.4 Å². The largest absolute Gasteiger partial charge is 0.368 e. The molecule has 30 heavy (non-hydrogen) atoms. The van der Waals surface area contributed by atoms with E-state index in [1.54, 1.807) is 7.05 Å². The van der Waals surface area contributed by atoms with Gasteiger partial charge in [0.05, 0.1) is 18.5 Å². The van der Waals surface area contributed by atoms with E-state index >= 15 is 0 Å². The topological polar surface area (TPSA) is 58.6 Å². The second kappa shape index (κ2) is 7.95. The van der Waals surface area contributed by atoms with Crippen molar-refractivity contribution in [2.75, 3.05) is 29.4 Å². The van der Waals surface area contributed by atoms with Crippen LogP contribution in [0.3, 0.4) is 0 Å². The Kier molecular flexibility index (Phi) is 5.19. The molecule has 0 spiro atoms. The number of nitrogens with zero attached hydrogens (tertiary/aromatic N) is 6. The quantitative estimate of drug-likeness (QED) is 0.628. The van der Waals surface area contributed by atoms with E-state index in [-0.39, 0.29) is 17.2 Å². The highest BCUT2D eigenvalue weighted by Gasteiger charge is 2.27. The molecule has 2 aromatic heterocycles. The van der Waals surface area contributed by atoms with E-state index in [0.717, 1.165) is 25.0 Å². The maximum atomic E-state index is 14.2. The van der Waals surface area contributed by atoms with Crippen LogP contribution < -0.4 is 15.4 Å². The summed E-state index contributed by atoms with van der Waals surface area (Å²) in [6.45, 7) is 11.3. The number of benzene rings is 1.